The summed E-state index contributed by atoms with van der Waals surface area (Å²) in [5.74, 6) is 0. The summed E-state index contributed by atoms with van der Waals surface area (Å²) in [5.41, 5.74) is 0. The molecule has 0 aromatic heterocycles. The van der Waals surface area contributed by atoms with Gasteiger partial charge in [0.2, 0.25) is 10.0 Å². The average molecular weight is 262 g/mol. The number of nitrogens with one attached hydrogen (secondary N) is 1. The van der Waals surface area contributed by atoms with E-state index >= 15 is 0 Å². The van der Waals surface area contributed by atoms with Crippen LogP contribution in [-0.2, 0) is 14.8 Å². The normalized spacial score (nSPS) is 19.1. The van der Waals surface area contributed by atoms with E-state index in [0.29, 0.717) is 25.7 Å². The number of ether oxygens (including phenoxy) is 1. The molecule has 1 N–H and O–H groups in total. The zero-order chi connectivity index (χ0) is 12.7. The summed E-state index contributed by atoms with van der Waals surface area (Å²) in [6.45, 7) is 6.30. The van der Waals surface area contributed by atoms with Crippen LogP contribution in [0.3, 0.4) is 0 Å². The fourth-order valence-corrected chi connectivity index (χ4v) is 2.81. The van der Waals surface area contributed by atoms with Gasteiger partial charge in [-0.25, -0.2) is 12.7 Å². The molecule has 0 amide bonds. The second-order valence-corrected chi connectivity index (χ2v) is 6.26. The summed E-state index contributed by atoms with van der Waals surface area (Å²) in [5, 5.41) is 3.42. The first-order valence-corrected chi connectivity index (χ1v) is 7.80. The highest BCUT2D eigenvalue weighted by molar-refractivity contribution is 7.88. The molecular weight excluding hydrogens is 240 g/mol. The summed E-state index contributed by atoms with van der Waals surface area (Å²) < 4.78 is 29.2. The van der Waals surface area contributed by atoms with E-state index in [1.165, 1.54) is 12.5 Å². The molecule has 1 rings (SSSR count). The molecule has 0 aliphatic carbocycles. The summed E-state index contributed by atoms with van der Waals surface area (Å²) >= 11 is 0. The monoisotopic (exact) mass is 262 g/mol. The minimum absolute atomic E-state index is 0.428. The SMILES string of the molecule is C=COCCCNC1CCN(S(C)(=O)=O)CC1. The topological polar surface area (TPSA) is 58.6 Å². The van der Waals surface area contributed by atoms with Crippen LogP contribution in [0.1, 0.15) is 19.3 Å². The van der Waals surface area contributed by atoms with Crippen LogP contribution in [0, 0.1) is 0 Å². The number of hydrogen-bond acceptors (Lipinski definition) is 4. The highest BCUT2D eigenvalue weighted by atomic mass is 32.2. The molecule has 100 valence electrons. The Hall–Kier alpha value is -0.590. The van der Waals surface area contributed by atoms with Gasteiger partial charge in [-0.2, -0.15) is 0 Å². The molecule has 0 saturated carbocycles. The molecule has 0 unspecified atom stereocenters. The Morgan fingerprint density at radius 2 is 2.12 bits per heavy atom. The van der Waals surface area contributed by atoms with E-state index in [4.69, 9.17) is 4.74 Å². The number of nitrogens with zero attached hydrogens (tertiary/aromatic N) is 1. The van der Waals surface area contributed by atoms with Crippen LogP contribution < -0.4 is 5.32 Å². The van der Waals surface area contributed by atoms with Crippen molar-refractivity contribution in [1.29, 1.82) is 0 Å². The van der Waals surface area contributed by atoms with Gasteiger partial charge in [-0.15, -0.1) is 0 Å². The van der Waals surface area contributed by atoms with Gasteiger partial charge in [-0.3, -0.25) is 0 Å². The molecular formula is C11H22N2O3S. The first-order valence-electron chi connectivity index (χ1n) is 5.95. The Balaban J connectivity index is 2.13. The van der Waals surface area contributed by atoms with Crippen LogP contribution in [0.4, 0.5) is 0 Å². The highest BCUT2D eigenvalue weighted by Crippen LogP contribution is 2.12. The van der Waals surface area contributed by atoms with Gasteiger partial charge < -0.3 is 10.1 Å². The maximum Gasteiger partial charge on any atom is 0.211 e. The molecule has 1 heterocycles. The second-order valence-electron chi connectivity index (χ2n) is 4.28. The molecule has 1 fully saturated rings. The highest BCUT2D eigenvalue weighted by Gasteiger charge is 2.24. The molecule has 0 aromatic rings. The van der Waals surface area contributed by atoms with Crippen molar-refractivity contribution in [3.05, 3.63) is 12.8 Å². The van der Waals surface area contributed by atoms with Gasteiger partial charge in [0.05, 0.1) is 19.1 Å². The average Bonchev–Trinajstić information content (AvgIpc) is 2.28. The van der Waals surface area contributed by atoms with Crippen LogP contribution in [0.25, 0.3) is 0 Å². The smallest absolute Gasteiger partial charge is 0.211 e. The van der Waals surface area contributed by atoms with Crippen molar-refractivity contribution in [2.24, 2.45) is 0 Å². The van der Waals surface area contributed by atoms with E-state index in [0.717, 1.165) is 25.8 Å². The lowest BCUT2D eigenvalue weighted by atomic mass is 10.1. The van der Waals surface area contributed by atoms with E-state index in [9.17, 15) is 8.42 Å². The summed E-state index contributed by atoms with van der Waals surface area (Å²) in [6.07, 6.45) is 5.43. The van der Waals surface area contributed by atoms with Crippen LogP contribution in [0.2, 0.25) is 0 Å². The number of sulfonamides is 1. The van der Waals surface area contributed by atoms with Crippen molar-refractivity contribution >= 4 is 10.0 Å². The quantitative estimate of drug-likeness (QED) is 0.538. The summed E-state index contributed by atoms with van der Waals surface area (Å²) in [6, 6.07) is 0.428. The largest absolute Gasteiger partial charge is 0.502 e. The molecule has 0 bridgehead atoms. The van der Waals surface area contributed by atoms with Crippen LogP contribution in [0.15, 0.2) is 12.8 Å². The maximum atomic E-state index is 11.3. The van der Waals surface area contributed by atoms with Gasteiger partial charge in [0.1, 0.15) is 0 Å². The Bertz CT molecular complexity index is 322. The number of piperidine rings is 1. The zero-order valence-electron chi connectivity index (χ0n) is 10.4. The third-order valence-electron chi connectivity index (χ3n) is 2.91. The van der Waals surface area contributed by atoms with Gasteiger partial charge in [0, 0.05) is 19.1 Å². The molecule has 0 radical (unpaired) electrons. The van der Waals surface area contributed by atoms with Crippen LogP contribution >= 0.6 is 0 Å². The Morgan fingerprint density at radius 1 is 1.47 bits per heavy atom. The fourth-order valence-electron chi connectivity index (χ4n) is 1.94. The standard InChI is InChI=1S/C11H22N2O3S/c1-3-16-10-4-7-12-11-5-8-13(9-6-11)17(2,14)15/h3,11-12H,1,4-10H2,2H3. The van der Waals surface area contributed by atoms with Gasteiger partial charge in [0.15, 0.2) is 0 Å². The minimum Gasteiger partial charge on any atom is -0.502 e. The molecule has 6 heteroatoms. The van der Waals surface area contributed by atoms with Crippen molar-refractivity contribution in [2.75, 3.05) is 32.5 Å². The number of rotatable bonds is 7. The molecule has 1 saturated heterocycles. The Labute approximate surface area is 104 Å². The van der Waals surface area contributed by atoms with E-state index in [1.807, 2.05) is 0 Å². The molecule has 0 atom stereocenters. The predicted octanol–water partition coefficient (Wildman–Crippen LogP) is 0.550. The first-order chi connectivity index (χ1) is 8.04. The molecule has 17 heavy (non-hydrogen) atoms. The van der Waals surface area contributed by atoms with E-state index in [1.54, 1.807) is 4.31 Å². The van der Waals surface area contributed by atoms with Crippen molar-refractivity contribution in [3.8, 4) is 0 Å². The summed E-state index contributed by atoms with van der Waals surface area (Å²) in [4.78, 5) is 0. The lowest BCUT2D eigenvalue weighted by molar-refractivity contribution is 0.236. The predicted molar refractivity (Wildman–Crippen MR) is 68.2 cm³/mol. The molecule has 0 spiro atoms. The first kappa shape index (κ1) is 14.5. The lowest BCUT2D eigenvalue weighted by Gasteiger charge is -2.30. The Kier molecular flexibility index (Phi) is 5.94. The van der Waals surface area contributed by atoms with E-state index in [2.05, 4.69) is 11.9 Å². The van der Waals surface area contributed by atoms with Gasteiger partial charge >= 0.3 is 0 Å². The van der Waals surface area contributed by atoms with Crippen LogP contribution in [0.5, 0.6) is 0 Å². The number of hydrogen-bond donors (Lipinski definition) is 1. The van der Waals surface area contributed by atoms with Gasteiger partial charge in [-0.1, -0.05) is 6.58 Å². The van der Waals surface area contributed by atoms with Crippen molar-refractivity contribution in [1.82, 2.24) is 9.62 Å². The third-order valence-corrected chi connectivity index (χ3v) is 4.22. The van der Waals surface area contributed by atoms with Gasteiger partial charge in [0.25, 0.3) is 0 Å². The fraction of sp³-hybridized carbons (Fsp3) is 0.818. The maximum absolute atomic E-state index is 11.3. The zero-order valence-corrected chi connectivity index (χ0v) is 11.2. The van der Waals surface area contributed by atoms with Crippen molar-refractivity contribution < 1.29 is 13.2 Å². The molecule has 1 aliphatic rings. The van der Waals surface area contributed by atoms with Crippen molar-refractivity contribution in [3.63, 3.8) is 0 Å². The molecule has 1 aliphatic heterocycles. The second kappa shape index (κ2) is 6.98. The third kappa shape index (κ3) is 5.52. The van der Waals surface area contributed by atoms with Gasteiger partial charge in [-0.05, 0) is 25.8 Å². The van der Waals surface area contributed by atoms with Crippen LogP contribution in [-0.4, -0.2) is 51.3 Å². The molecule has 5 nitrogen and oxygen atoms in total. The van der Waals surface area contributed by atoms with E-state index < -0.39 is 10.0 Å². The Morgan fingerprint density at radius 3 is 2.65 bits per heavy atom. The minimum atomic E-state index is -3.01. The van der Waals surface area contributed by atoms with Crippen molar-refractivity contribution in [2.45, 2.75) is 25.3 Å². The molecule has 0 aromatic carbocycles. The van der Waals surface area contributed by atoms with E-state index in [-0.39, 0.29) is 0 Å². The lowest BCUT2D eigenvalue weighted by Crippen LogP contribution is -2.44. The summed E-state index contributed by atoms with van der Waals surface area (Å²) in [7, 11) is -3.01.